The third-order valence-electron chi connectivity index (χ3n) is 16.6. The lowest BCUT2D eigenvalue weighted by Crippen LogP contribution is -2.49. The van der Waals surface area contributed by atoms with Gasteiger partial charge in [-0.2, -0.15) is 0 Å². The average Bonchev–Trinajstić information content (AvgIpc) is 1.20. The van der Waals surface area contributed by atoms with Gasteiger partial charge in [-0.1, -0.05) is 168 Å². The summed E-state index contributed by atoms with van der Waals surface area (Å²) in [5, 5.41) is 34.1. The van der Waals surface area contributed by atoms with E-state index in [-0.39, 0.29) is 106 Å². The number of nitrogens with zero attached hydrogens (tertiary/aromatic N) is 2. The highest BCUT2D eigenvalue weighted by Gasteiger charge is 2.35. The Morgan fingerprint density at radius 2 is 0.989 bits per heavy atom. The van der Waals surface area contributed by atoms with Gasteiger partial charge in [0.05, 0.1) is 43.0 Å². The van der Waals surface area contributed by atoms with E-state index >= 15 is 0 Å². The average molecular weight is 1280 g/mol. The van der Waals surface area contributed by atoms with Gasteiger partial charge in [-0.05, 0) is 87.0 Å². The number of amides is 5. The van der Waals surface area contributed by atoms with E-state index in [0.29, 0.717) is 36.1 Å². The highest BCUT2D eigenvalue weighted by molar-refractivity contribution is 5.98. The van der Waals surface area contributed by atoms with Crippen molar-refractivity contribution in [2.24, 2.45) is 52.0 Å². The number of hydrogen-bond acceptors (Lipinski definition) is 13. The summed E-state index contributed by atoms with van der Waals surface area (Å²) < 4.78 is 0. The molecule has 5 amide bonds. The van der Waals surface area contributed by atoms with Gasteiger partial charge in [0.25, 0.3) is 0 Å². The molecule has 0 radical (unpaired) electrons. The minimum atomic E-state index is -1.21. The number of aromatic nitrogens is 2. The molecular formula is C71H112N10O11. The molecule has 1 heterocycles. The van der Waals surface area contributed by atoms with Crippen molar-refractivity contribution >= 4 is 58.6 Å². The van der Waals surface area contributed by atoms with Crippen LogP contribution in [0.4, 0.5) is 0 Å². The number of aliphatic hydroxyl groups excluding tert-OH is 1. The highest BCUT2D eigenvalue weighted by Crippen LogP contribution is 2.23. The van der Waals surface area contributed by atoms with Gasteiger partial charge in [-0.3, -0.25) is 48.1 Å². The molecule has 0 saturated carbocycles. The van der Waals surface area contributed by atoms with E-state index in [0.717, 1.165) is 19.3 Å². The molecule has 2 aromatic carbocycles. The van der Waals surface area contributed by atoms with E-state index in [1.165, 1.54) is 83.2 Å². The monoisotopic (exact) mass is 1280 g/mol. The number of phenolic OH excluding ortho intramolecular Hbond substituents is 1. The zero-order valence-electron chi connectivity index (χ0n) is 56.4. The summed E-state index contributed by atoms with van der Waals surface area (Å²) in [6.45, 7) is 14.5. The molecule has 92 heavy (non-hydrogen) atoms. The number of hydrogen-bond donors (Lipinski definition) is 10. The number of phenols is 1. The zero-order chi connectivity index (χ0) is 68.0. The standard InChI is InChI=1S/C71H112N10O11/c1-9-10-11-12-13-14-15-16-17-18-19-20-24-29-66(88)78-59(35-47(2)3)63(85)38-50(7)68(90)81-61(40-53-30-32-57(83)33-31-53)65(87)42-54(39-52-26-22-21-23-27-52)70(92)79-58(28-25-34-75-71(72)73)62(84)37-49(6)67(89)80-60(36-48(4)5)64(86)43-55(41-56-44-74-46-76-56)69(91)77-51(8)45-82/h21-23,26-27,30-33,44,46-51,54-55,58-61,82-83H,9-20,24-25,28-29,34-43,45H2,1-8H3,(H,74,76)(H,77,91)(H,78,88)(H,79,92)(H,80,89)(H,81,90)(H4,72,73,75)/t49-,50-,51-,54-,55-,58+,59+,60+,61+/m1/s1. The van der Waals surface area contributed by atoms with E-state index in [1.54, 1.807) is 56.4 Å². The predicted octanol–water partition coefficient (Wildman–Crippen LogP) is 8.55. The fourth-order valence-electron chi connectivity index (χ4n) is 11.2. The van der Waals surface area contributed by atoms with Crippen molar-refractivity contribution in [3.8, 4) is 5.75 Å². The van der Waals surface area contributed by atoms with Crippen LogP contribution in [0.1, 0.15) is 213 Å². The van der Waals surface area contributed by atoms with Crippen LogP contribution in [-0.2, 0) is 62.4 Å². The third-order valence-corrected chi connectivity index (χ3v) is 16.6. The molecule has 0 spiro atoms. The molecular weight excluding hydrogens is 1170 g/mol. The number of unbranched alkanes of at least 4 members (excludes halogenated alkanes) is 12. The first kappa shape index (κ1) is 78.9. The van der Waals surface area contributed by atoms with Gasteiger partial charge in [0.1, 0.15) is 5.75 Å². The number of rotatable bonds is 50. The van der Waals surface area contributed by atoms with E-state index < -0.39 is 101 Å². The van der Waals surface area contributed by atoms with Crippen LogP contribution in [0.5, 0.6) is 5.75 Å². The summed E-state index contributed by atoms with van der Waals surface area (Å²) in [6, 6.07) is 10.3. The summed E-state index contributed by atoms with van der Waals surface area (Å²) in [4.78, 5) is 138. The minimum Gasteiger partial charge on any atom is -0.508 e. The fourth-order valence-corrected chi connectivity index (χ4v) is 11.2. The van der Waals surface area contributed by atoms with Gasteiger partial charge in [-0.25, -0.2) is 4.98 Å². The van der Waals surface area contributed by atoms with Crippen molar-refractivity contribution in [2.75, 3.05) is 13.2 Å². The number of aliphatic hydroxyl groups is 1. The Balaban J connectivity index is 1.81. The number of imidazole rings is 1. The van der Waals surface area contributed by atoms with Crippen molar-refractivity contribution in [3.63, 3.8) is 0 Å². The van der Waals surface area contributed by atoms with Crippen LogP contribution in [0.3, 0.4) is 0 Å². The zero-order valence-corrected chi connectivity index (χ0v) is 56.4. The summed E-state index contributed by atoms with van der Waals surface area (Å²) >= 11 is 0. The number of Topliss-reactive ketones (excluding diaryl/α,β-unsaturated/α-hetero) is 4. The molecule has 512 valence electrons. The fraction of sp³-hybridized carbons (Fsp3) is 0.648. The molecule has 0 aliphatic heterocycles. The van der Waals surface area contributed by atoms with E-state index in [9.17, 15) is 53.4 Å². The number of aromatic hydroxyl groups is 1. The van der Waals surface area contributed by atoms with Crippen LogP contribution in [-0.4, -0.2) is 122 Å². The van der Waals surface area contributed by atoms with Crippen LogP contribution in [0.25, 0.3) is 0 Å². The van der Waals surface area contributed by atoms with E-state index in [2.05, 4.69) is 48.5 Å². The van der Waals surface area contributed by atoms with E-state index in [1.807, 2.05) is 33.8 Å². The molecule has 9 atom stereocenters. The molecule has 0 bridgehead atoms. The molecule has 3 rings (SSSR count). The number of nitrogens with two attached hydrogens (primary N) is 2. The van der Waals surface area contributed by atoms with Crippen LogP contribution >= 0.6 is 0 Å². The number of aromatic amines is 1. The Morgan fingerprint density at radius 1 is 0.522 bits per heavy atom. The molecule has 0 aliphatic carbocycles. The summed E-state index contributed by atoms with van der Waals surface area (Å²) in [7, 11) is 0. The lowest BCUT2D eigenvalue weighted by Gasteiger charge is -2.26. The first-order valence-corrected chi connectivity index (χ1v) is 34.0. The number of H-pyrrole nitrogens is 1. The van der Waals surface area contributed by atoms with Crippen molar-refractivity contribution in [2.45, 2.75) is 246 Å². The SMILES string of the molecule is CCCCCCCCCCCCCCCC(=O)N[C@@H](CC(C)C)C(=O)C[C@@H](C)C(=O)N[C@@H](Cc1ccc(O)cc1)C(=O)C[C@@H](Cc1ccccc1)C(=O)N[C@@H](CCCN=C(N)N)C(=O)C[C@@H](C)C(=O)N[C@@H](CC(C)C)C(=O)C[C@@H](Cc1cnc[nH]1)C(=O)N[C@H](C)CO. The number of guanidine groups is 1. The molecule has 0 fully saturated rings. The van der Waals surface area contributed by atoms with Gasteiger partial charge in [-0.15, -0.1) is 0 Å². The summed E-state index contributed by atoms with van der Waals surface area (Å²) in [6.07, 6.45) is 18.5. The largest absolute Gasteiger partial charge is 0.508 e. The topological polar surface area (TPSA) is 347 Å². The van der Waals surface area contributed by atoms with Gasteiger partial charge < -0.3 is 53.2 Å². The maximum Gasteiger partial charge on any atom is 0.224 e. The van der Waals surface area contributed by atoms with Crippen molar-refractivity contribution < 1.29 is 53.4 Å². The van der Waals surface area contributed by atoms with Gasteiger partial charge >= 0.3 is 0 Å². The molecule has 0 unspecified atom stereocenters. The Bertz CT molecular complexity index is 2720. The molecule has 21 heteroatoms. The van der Waals surface area contributed by atoms with Crippen LogP contribution < -0.4 is 38.1 Å². The first-order chi connectivity index (χ1) is 43.9. The van der Waals surface area contributed by atoms with Crippen LogP contribution in [0.15, 0.2) is 72.1 Å². The lowest BCUT2D eigenvalue weighted by molar-refractivity contribution is -0.136. The normalized spacial score (nSPS) is 14.3. The van der Waals surface area contributed by atoms with Crippen molar-refractivity contribution in [3.05, 3.63) is 83.9 Å². The van der Waals surface area contributed by atoms with Gasteiger partial charge in [0.2, 0.25) is 29.5 Å². The number of carbonyl (C=O) groups excluding carboxylic acids is 9. The number of aliphatic imine (C=N–C) groups is 1. The first-order valence-electron chi connectivity index (χ1n) is 34.0. The highest BCUT2D eigenvalue weighted by atomic mass is 16.3. The smallest absolute Gasteiger partial charge is 0.224 e. The van der Waals surface area contributed by atoms with Crippen LogP contribution in [0, 0.1) is 35.5 Å². The molecule has 21 nitrogen and oxygen atoms in total. The Labute approximate surface area is 547 Å². The van der Waals surface area contributed by atoms with Crippen LogP contribution in [0.2, 0.25) is 0 Å². The van der Waals surface area contributed by atoms with Gasteiger partial charge in [0, 0.05) is 80.8 Å². The molecule has 12 N–H and O–H groups in total. The van der Waals surface area contributed by atoms with Crippen molar-refractivity contribution in [1.82, 2.24) is 36.6 Å². The van der Waals surface area contributed by atoms with Gasteiger partial charge in [0.15, 0.2) is 29.1 Å². The predicted molar refractivity (Wildman–Crippen MR) is 360 cm³/mol. The van der Waals surface area contributed by atoms with Crippen molar-refractivity contribution in [1.29, 1.82) is 0 Å². The molecule has 3 aromatic rings. The summed E-state index contributed by atoms with van der Waals surface area (Å²) in [5.74, 6) is -8.29. The number of benzene rings is 2. The molecule has 0 saturated heterocycles. The minimum absolute atomic E-state index is 0.0121. The second-order valence-corrected chi connectivity index (χ2v) is 26.3. The second kappa shape index (κ2) is 44.3. The number of ketones is 4. The number of nitrogens with one attached hydrogen (secondary N) is 6. The Kier molecular flexibility index (Phi) is 38.0. The third kappa shape index (κ3) is 32.8. The Morgan fingerprint density at radius 3 is 1.51 bits per heavy atom. The molecule has 1 aromatic heterocycles. The second-order valence-electron chi connectivity index (χ2n) is 26.3. The quantitative estimate of drug-likeness (QED) is 0.0144. The van der Waals surface area contributed by atoms with E-state index in [4.69, 9.17) is 11.5 Å². The lowest BCUT2D eigenvalue weighted by atomic mass is 9.88. The Hall–Kier alpha value is -7.29. The summed E-state index contributed by atoms with van der Waals surface area (Å²) in [5.41, 5.74) is 13.2. The molecule has 0 aliphatic rings. The maximum atomic E-state index is 14.9. The maximum absolute atomic E-state index is 14.9. The number of carbonyl (C=O) groups is 9.